The minimum atomic E-state index is -1.27. The molecule has 0 amide bonds. The van der Waals surface area contributed by atoms with Crippen molar-refractivity contribution < 1.29 is 34.4 Å². The Hall–Kier alpha value is -3.22. The van der Waals surface area contributed by atoms with Gasteiger partial charge in [-0.1, -0.05) is 0 Å². The molecule has 0 fully saturated rings. The van der Waals surface area contributed by atoms with Crippen molar-refractivity contribution in [3.63, 3.8) is 0 Å². The Kier molecular flexibility index (Phi) is 4.64. The summed E-state index contributed by atoms with van der Waals surface area (Å²) >= 11 is 0. The van der Waals surface area contributed by atoms with Crippen molar-refractivity contribution in [2.75, 3.05) is 7.11 Å². The molecule has 0 saturated heterocycles. The Balaban J connectivity index is 2.55. The van der Waals surface area contributed by atoms with E-state index < -0.39 is 17.7 Å². The van der Waals surface area contributed by atoms with Gasteiger partial charge >= 0.3 is 11.9 Å². The van der Waals surface area contributed by atoms with E-state index in [2.05, 4.69) is 4.74 Å². The number of carbonyl (C=O) groups is 2. The highest BCUT2D eigenvalue weighted by atomic mass is 16.5. The number of carboxylic acid groups (broad SMARTS) is 1. The Morgan fingerprint density at radius 3 is 2.29 bits per heavy atom. The third-order valence-corrected chi connectivity index (χ3v) is 3.36. The summed E-state index contributed by atoms with van der Waals surface area (Å²) in [6.45, 7) is 3.21. The van der Waals surface area contributed by atoms with Gasteiger partial charge in [0.1, 0.15) is 5.75 Å². The van der Waals surface area contributed by atoms with Crippen molar-refractivity contribution in [1.82, 2.24) is 0 Å². The molecule has 0 bridgehead atoms. The molecule has 0 spiro atoms. The molecule has 126 valence electrons. The lowest BCUT2D eigenvalue weighted by Gasteiger charge is -2.13. The summed E-state index contributed by atoms with van der Waals surface area (Å²) in [6.07, 6.45) is 0. The van der Waals surface area contributed by atoms with Crippen LogP contribution in [0, 0.1) is 13.8 Å². The van der Waals surface area contributed by atoms with Gasteiger partial charge in [0.15, 0.2) is 11.5 Å². The number of rotatable bonds is 4. The van der Waals surface area contributed by atoms with E-state index in [9.17, 15) is 24.9 Å². The second-order valence-electron chi connectivity index (χ2n) is 5.19. The van der Waals surface area contributed by atoms with Crippen molar-refractivity contribution >= 4 is 11.9 Å². The molecule has 3 N–H and O–H groups in total. The molecule has 2 aromatic rings. The molecule has 7 heteroatoms. The Labute approximate surface area is 137 Å². The van der Waals surface area contributed by atoms with Crippen LogP contribution >= 0.6 is 0 Å². The number of carboxylic acids is 1. The predicted octanol–water partition coefficient (Wildman–Crippen LogP) is 2.99. The highest BCUT2D eigenvalue weighted by molar-refractivity contribution is 6.03. The number of carbonyl (C=O) groups excluding carboxylic acids is 1. The third kappa shape index (κ3) is 3.24. The zero-order valence-corrected chi connectivity index (χ0v) is 13.3. The minimum Gasteiger partial charge on any atom is -0.504 e. The molecule has 0 heterocycles. The average Bonchev–Trinajstić information content (AvgIpc) is 2.50. The Bertz CT molecular complexity index is 824. The van der Waals surface area contributed by atoms with Gasteiger partial charge in [0, 0.05) is 0 Å². The molecule has 0 saturated carbocycles. The number of esters is 1. The molecule has 0 aliphatic rings. The van der Waals surface area contributed by atoms with E-state index in [1.54, 1.807) is 6.92 Å². The van der Waals surface area contributed by atoms with Gasteiger partial charge in [-0.25, -0.2) is 9.59 Å². The number of hydrogen-bond acceptors (Lipinski definition) is 6. The molecule has 0 aromatic heterocycles. The van der Waals surface area contributed by atoms with E-state index in [-0.39, 0.29) is 33.9 Å². The Morgan fingerprint density at radius 2 is 1.71 bits per heavy atom. The van der Waals surface area contributed by atoms with Gasteiger partial charge in [-0.15, -0.1) is 0 Å². The van der Waals surface area contributed by atoms with Gasteiger partial charge in [0.25, 0.3) is 0 Å². The van der Waals surface area contributed by atoms with E-state index in [4.69, 9.17) is 4.74 Å². The van der Waals surface area contributed by atoms with Gasteiger partial charge in [0.2, 0.25) is 5.75 Å². The molecular weight excluding hydrogens is 316 g/mol. The first-order chi connectivity index (χ1) is 11.2. The summed E-state index contributed by atoms with van der Waals surface area (Å²) < 4.78 is 10.1. The van der Waals surface area contributed by atoms with E-state index >= 15 is 0 Å². The molecule has 0 atom stereocenters. The zero-order valence-electron chi connectivity index (χ0n) is 13.3. The number of phenols is 2. The molecular formula is C17H16O7. The van der Waals surface area contributed by atoms with Crippen molar-refractivity contribution in [1.29, 1.82) is 0 Å². The van der Waals surface area contributed by atoms with Crippen LogP contribution in [0.15, 0.2) is 24.3 Å². The SMILES string of the molecule is COC(=O)c1cc(Oc2cc(C)cc(O)c2O)cc(C)c1C(=O)O. The maximum absolute atomic E-state index is 11.8. The standard InChI is InChI=1S/C17H16O7/c1-8-4-12(18)15(19)13(5-8)24-10-6-9(2)14(16(20)21)11(7-10)17(22)23-3/h4-7,18-19H,1-3H3,(H,20,21). The highest BCUT2D eigenvalue weighted by Gasteiger charge is 2.22. The van der Waals surface area contributed by atoms with Gasteiger partial charge in [-0.05, 0) is 49.2 Å². The second-order valence-corrected chi connectivity index (χ2v) is 5.19. The number of benzene rings is 2. The molecule has 0 aliphatic carbocycles. The monoisotopic (exact) mass is 332 g/mol. The first-order valence-corrected chi connectivity index (χ1v) is 6.91. The topological polar surface area (TPSA) is 113 Å². The highest BCUT2D eigenvalue weighted by Crippen LogP contribution is 2.39. The van der Waals surface area contributed by atoms with Gasteiger partial charge in [0.05, 0.1) is 18.2 Å². The number of aromatic carboxylic acids is 1. The quantitative estimate of drug-likeness (QED) is 0.582. The number of aryl methyl sites for hydroxylation is 2. The fourth-order valence-electron chi connectivity index (χ4n) is 2.30. The van der Waals surface area contributed by atoms with E-state index in [0.717, 1.165) is 7.11 Å². The number of ether oxygens (including phenoxy) is 2. The molecule has 2 aromatic carbocycles. The number of phenolic OH excluding ortho intramolecular Hbond substituents is 2. The predicted molar refractivity (Wildman–Crippen MR) is 84.1 cm³/mol. The third-order valence-electron chi connectivity index (χ3n) is 3.36. The fraction of sp³-hybridized carbons (Fsp3) is 0.176. The molecule has 2 rings (SSSR count). The van der Waals surface area contributed by atoms with Gasteiger partial charge < -0.3 is 24.8 Å². The molecule has 0 aliphatic heterocycles. The fourth-order valence-corrected chi connectivity index (χ4v) is 2.30. The van der Waals surface area contributed by atoms with Crippen LogP contribution in [-0.4, -0.2) is 34.4 Å². The maximum Gasteiger partial charge on any atom is 0.338 e. The molecule has 24 heavy (non-hydrogen) atoms. The first kappa shape index (κ1) is 17.1. The Morgan fingerprint density at radius 1 is 1.04 bits per heavy atom. The van der Waals surface area contributed by atoms with Crippen LogP contribution < -0.4 is 4.74 Å². The normalized spacial score (nSPS) is 10.3. The van der Waals surface area contributed by atoms with Crippen LogP contribution in [0.1, 0.15) is 31.8 Å². The largest absolute Gasteiger partial charge is 0.504 e. The molecule has 7 nitrogen and oxygen atoms in total. The number of aromatic hydroxyl groups is 2. The number of methoxy groups -OCH3 is 1. The van der Waals surface area contributed by atoms with E-state index in [1.807, 2.05) is 0 Å². The average molecular weight is 332 g/mol. The lowest BCUT2D eigenvalue weighted by atomic mass is 10.0. The minimum absolute atomic E-state index is 0.0224. The summed E-state index contributed by atoms with van der Waals surface area (Å²) in [4.78, 5) is 23.2. The van der Waals surface area contributed by atoms with E-state index in [0.29, 0.717) is 5.56 Å². The van der Waals surface area contributed by atoms with Crippen LogP contribution in [0.5, 0.6) is 23.0 Å². The van der Waals surface area contributed by atoms with Gasteiger partial charge in [-0.3, -0.25) is 0 Å². The van der Waals surface area contributed by atoms with Crippen LogP contribution in [0.4, 0.5) is 0 Å². The van der Waals surface area contributed by atoms with E-state index in [1.165, 1.54) is 31.2 Å². The second kappa shape index (κ2) is 6.49. The maximum atomic E-state index is 11.8. The molecule has 0 radical (unpaired) electrons. The summed E-state index contributed by atoms with van der Waals surface area (Å²) in [6, 6.07) is 5.48. The van der Waals surface area contributed by atoms with Crippen molar-refractivity contribution in [3.05, 3.63) is 46.5 Å². The first-order valence-electron chi connectivity index (χ1n) is 6.91. The summed E-state index contributed by atoms with van der Waals surface area (Å²) in [7, 11) is 1.14. The zero-order chi connectivity index (χ0) is 18.0. The smallest absolute Gasteiger partial charge is 0.338 e. The summed E-state index contributed by atoms with van der Waals surface area (Å²) in [5, 5.41) is 28.8. The molecule has 0 unspecified atom stereocenters. The van der Waals surface area contributed by atoms with Crippen molar-refractivity contribution in [2.24, 2.45) is 0 Å². The van der Waals surface area contributed by atoms with Crippen LogP contribution in [0.3, 0.4) is 0 Å². The lowest BCUT2D eigenvalue weighted by molar-refractivity contribution is 0.0582. The summed E-state index contributed by atoms with van der Waals surface area (Å²) in [5.41, 5.74) is 0.575. The lowest BCUT2D eigenvalue weighted by Crippen LogP contribution is -2.12. The van der Waals surface area contributed by atoms with Gasteiger partial charge in [-0.2, -0.15) is 0 Å². The van der Waals surface area contributed by atoms with Crippen LogP contribution in [-0.2, 0) is 4.74 Å². The number of hydrogen-bond donors (Lipinski definition) is 3. The van der Waals surface area contributed by atoms with Crippen molar-refractivity contribution in [2.45, 2.75) is 13.8 Å². The van der Waals surface area contributed by atoms with Crippen LogP contribution in [0.2, 0.25) is 0 Å². The van der Waals surface area contributed by atoms with Crippen molar-refractivity contribution in [3.8, 4) is 23.0 Å². The summed E-state index contributed by atoms with van der Waals surface area (Å²) in [5.74, 6) is -2.80. The van der Waals surface area contributed by atoms with Crippen LogP contribution in [0.25, 0.3) is 0 Å².